The molecule has 0 spiro atoms. The van der Waals surface area contributed by atoms with Gasteiger partial charge in [0.1, 0.15) is 5.76 Å². The van der Waals surface area contributed by atoms with E-state index >= 15 is 0 Å². The van der Waals surface area contributed by atoms with E-state index < -0.39 is 30.0 Å². The van der Waals surface area contributed by atoms with Gasteiger partial charge in [-0.2, -0.15) is 21.6 Å². The highest BCUT2D eigenvalue weighted by Crippen LogP contribution is 2.47. The molecule has 30 heavy (non-hydrogen) atoms. The molecule has 1 aliphatic rings. The Morgan fingerprint density at radius 2 is 1.67 bits per heavy atom. The number of aromatic nitrogens is 1. The number of hydrogen-bond acceptors (Lipinski definition) is 5. The van der Waals surface area contributed by atoms with Crippen molar-refractivity contribution in [3.8, 4) is 0 Å². The quantitative estimate of drug-likeness (QED) is 0.268. The number of alkyl halides is 3. The largest absolute Gasteiger partial charge is 0.534 e. The van der Waals surface area contributed by atoms with Crippen LogP contribution in [0.1, 0.15) is 71.7 Å². The average molecular weight is 466 g/mol. The summed E-state index contributed by atoms with van der Waals surface area (Å²) in [6.07, 6.45) is 2.74. The molecule has 1 aromatic rings. The van der Waals surface area contributed by atoms with E-state index in [1.807, 2.05) is 0 Å². The number of nitrogens with zero attached hydrogens (tertiary/aromatic N) is 1. The molecule has 1 aliphatic carbocycles. The van der Waals surface area contributed by atoms with Crippen molar-refractivity contribution in [3.05, 3.63) is 35.3 Å². The van der Waals surface area contributed by atoms with Gasteiger partial charge in [0.2, 0.25) is 8.32 Å². The van der Waals surface area contributed by atoms with E-state index in [0.717, 1.165) is 0 Å². The minimum Gasteiger partial charge on any atom is -0.408 e. The number of pyridine rings is 1. The lowest BCUT2D eigenvalue weighted by molar-refractivity contribution is -0.0523. The molecule has 0 fully saturated rings. The molecule has 0 N–H and O–H groups in total. The first-order chi connectivity index (χ1) is 13.7. The fourth-order valence-electron chi connectivity index (χ4n) is 4.50. The van der Waals surface area contributed by atoms with Gasteiger partial charge in [-0.1, -0.05) is 47.6 Å². The Kier molecular flexibility index (Phi) is 7.46. The first-order valence-electron chi connectivity index (χ1n) is 10.1. The van der Waals surface area contributed by atoms with E-state index in [2.05, 4.69) is 50.7 Å². The summed E-state index contributed by atoms with van der Waals surface area (Å²) in [5.41, 5.74) is -3.46. The highest BCUT2D eigenvalue weighted by atomic mass is 32.2. The Balaban J connectivity index is 2.44. The summed E-state index contributed by atoms with van der Waals surface area (Å²) in [6.45, 7) is 12.9. The molecule has 0 aliphatic heterocycles. The third kappa shape index (κ3) is 4.91. The van der Waals surface area contributed by atoms with Crippen molar-refractivity contribution in [2.45, 2.75) is 82.6 Å². The van der Waals surface area contributed by atoms with Crippen LogP contribution in [0.4, 0.5) is 13.2 Å². The molecule has 0 bridgehead atoms. The maximum Gasteiger partial charge on any atom is 0.534 e. The summed E-state index contributed by atoms with van der Waals surface area (Å²) in [4.78, 5) is 4.43. The second-order valence-corrected chi connectivity index (χ2v) is 15.5. The van der Waals surface area contributed by atoms with Crippen LogP contribution in [0.3, 0.4) is 0 Å². The first kappa shape index (κ1) is 24.9. The van der Waals surface area contributed by atoms with Crippen LogP contribution in [-0.2, 0) is 18.7 Å². The molecule has 1 heterocycles. The summed E-state index contributed by atoms with van der Waals surface area (Å²) in [5.74, 6) is -0.265. The second kappa shape index (κ2) is 9.00. The normalized spacial score (nSPS) is 18.4. The third-order valence-electron chi connectivity index (χ3n) is 5.70. The highest BCUT2D eigenvalue weighted by molar-refractivity contribution is 7.87. The number of allylic oxidation sites excluding steroid dienone is 1. The third-order valence-corrected chi connectivity index (χ3v) is 12.8. The van der Waals surface area contributed by atoms with Gasteiger partial charge in [0.15, 0.2) is 0 Å². The topological polar surface area (TPSA) is 65.5 Å². The van der Waals surface area contributed by atoms with Crippen molar-refractivity contribution in [2.75, 3.05) is 0 Å². The molecule has 0 saturated heterocycles. The van der Waals surface area contributed by atoms with E-state index in [1.54, 1.807) is 18.3 Å². The van der Waals surface area contributed by atoms with Crippen LogP contribution in [0.5, 0.6) is 0 Å². The van der Waals surface area contributed by atoms with Crippen LogP contribution in [0.2, 0.25) is 16.6 Å². The zero-order valence-electron chi connectivity index (χ0n) is 18.2. The first-order valence-corrected chi connectivity index (χ1v) is 13.6. The minimum atomic E-state index is -5.73. The zero-order valence-corrected chi connectivity index (χ0v) is 20.0. The van der Waals surface area contributed by atoms with Gasteiger partial charge in [-0.3, -0.25) is 4.98 Å². The van der Waals surface area contributed by atoms with E-state index in [4.69, 9.17) is 4.43 Å². The summed E-state index contributed by atoms with van der Waals surface area (Å²) in [7, 11) is -8.04. The summed E-state index contributed by atoms with van der Waals surface area (Å²) in [5, 5.41) is 0. The van der Waals surface area contributed by atoms with Gasteiger partial charge < -0.3 is 8.61 Å². The number of halogens is 3. The zero-order chi connectivity index (χ0) is 22.9. The predicted molar refractivity (Wildman–Crippen MR) is 112 cm³/mol. The van der Waals surface area contributed by atoms with Crippen LogP contribution < -0.4 is 0 Å². The molecule has 0 amide bonds. The van der Waals surface area contributed by atoms with Gasteiger partial charge in [0.05, 0.1) is 11.8 Å². The Bertz CT molecular complexity index is 861. The van der Waals surface area contributed by atoms with Crippen LogP contribution in [0.25, 0.3) is 6.08 Å². The van der Waals surface area contributed by atoms with E-state index in [0.29, 0.717) is 27.9 Å². The molecule has 0 radical (unpaired) electrons. The molecule has 170 valence electrons. The Hall–Kier alpha value is -1.39. The minimum absolute atomic E-state index is 0.00486. The fraction of sp³-hybridized carbons (Fsp3) is 0.650. The predicted octanol–water partition coefficient (Wildman–Crippen LogP) is 6.32. The Labute approximate surface area is 177 Å². The van der Waals surface area contributed by atoms with E-state index in [9.17, 15) is 21.6 Å². The van der Waals surface area contributed by atoms with Gasteiger partial charge in [0, 0.05) is 18.2 Å². The van der Waals surface area contributed by atoms with Gasteiger partial charge in [-0.05, 0) is 35.2 Å². The molecule has 1 unspecified atom stereocenters. The van der Waals surface area contributed by atoms with Crippen molar-refractivity contribution in [1.29, 1.82) is 0 Å². The van der Waals surface area contributed by atoms with Crippen LogP contribution in [-0.4, -0.2) is 27.2 Å². The van der Waals surface area contributed by atoms with Crippen molar-refractivity contribution >= 4 is 24.5 Å². The molecule has 1 aromatic heterocycles. The van der Waals surface area contributed by atoms with Crippen LogP contribution >= 0.6 is 0 Å². The Morgan fingerprint density at radius 1 is 1.10 bits per heavy atom. The van der Waals surface area contributed by atoms with Gasteiger partial charge in [0.25, 0.3) is 0 Å². The maximum absolute atomic E-state index is 12.8. The lowest BCUT2D eigenvalue weighted by Crippen LogP contribution is -2.48. The molecule has 2 rings (SSSR count). The van der Waals surface area contributed by atoms with Crippen LogP contribution in [0.15, 0.2) is 24.1 Å². The smallest absolute Gasteiger partial charge is 0.408 e. The molecule has 10 heteroatoms. The van der Waals surface area contributed by atoms with Crippen LogP contribution in [0, 0.1) is 0 Å². The second-order valence-electron chi connectivity index (χ2n) is 8.53. The average Bonchev–Trinajstić information content (AvgIpc) is 2.76. The Morgan fingerprint density at radius 3 is 2.17 bits per heavy atom. The number of hydrogen-bond donors (Lipinski definition) is 0. The summed E-state index contributed by atoms with van der Waals surface area (Å²) < 4.78 is 72.6. The maximum atomic E-state index is 12.8. The number of fused-ring (bicyclic) bond motifs is 1. The number of rotatable bonds is 7. The monoisotopic (exact) mass is 465 g/mol. The van der Waals surface area contributed by atoms with Gasteiger partial charge in [-0.15, -0.1) is 0 Å². The lowest BCUT2D eigenvalue weighted by Gasteiger charge is -2.44. The van der Waals surface area contributed by atoms with Crippen molar-refractivity contribution in [1.82, 2.24) is 4.98 Å². The molecular weight excluding hydrogens is 435 g/mol. The highest BCUT2D eigenvalue weighted by Gasteiger charge is 2.50. The molecule has 0 saturated carbocycles. The summed E-state index contributed by atoms with van der Waals surface area (Å²) in [6, 6.07) is 3.32. The van der Waals surface area contributed by atoms with Crippen molar-refractivity contribution < 1.29 is 30.2 Å². The fourth-order valence-corrected chi connectivity index (χ4v) is 10.5. The van der Waals surface area contributed by atoms with Crippen molar-refractivity contribution in [3.63, 3.8) is 0 Å². The van der Waals surface area contributed by atoms with E-state index in [-0.39, 0.29) is 18.6 Å². The SMILES string of the molecule is CC(C)[Si](OC1CCC(OS(=O)(=O)C(F)(F)F)=Cc2cccnc21)(C(C)C)C(C)C. The van der Waals surface area contributed by atoms with Crippen molar-refractivity contribution in [2.24, 2.45) is 0 Å². The molecule has 5 nitrogen and oxygen atoms in total. The lowest BCUT2D eigenvalue weighted by atomic mass is 10.1. The molecular formula is C20H30F3NO4SSi. The summed E-state index contributed by atoms with van der Waals surface area (Å²) >= 11 is 0. The van der Waals surface area contributed by atoms with Gasteiger partial charge in [-0.25, -0.2) is 0 Å². The standard InChI is InChI=1S/C20H30F3NO4SSi/c1-13(2)30(14(3)4,15(5)6)28-18-10-9-17(27-29(25,26)20(21,22)23)12-16-8-7-11-24-19(16)18/h7-8,11-15,18H,9-10H2,1-6H3. The molecule has 0 aromatic carbocycles. The van der Waals surface area contributed by atoms with E-state index in [1.165, 1.54) is 6.08 Å². The molecule has 1 atom stereocenters. The van der Waals surface area contributed by atoms with Gasteiger partial charge >= 0.3 is 15.6 Å².